The number of fused-ring (bicyclic) bond motifs is 1. The van der Waals surface area contributed by atoms with Crippen molar-refractivity contribution in [3.63, 3.8) is 0 Å². The first kappa shape index (κ1) is 20.2. The molecule has 0 unspecified atom stereocenters. The minimum absolute atomic E-state index is 0.122. The first-order chi connectivity index (χ1) is 12.6. The summed E-state index contributed by atoms with van der Waals surface area (Å²) in [7, 11) is 1.48. The quantitative estimate of drug-likeness (QED) is 0.413. The lowest BCUT2D eigenvalue weighted by atomic mass is 10.1. The largest absolute Gasteiger partial charge is 0.354 e. The number of hydrogen-bond donors (Lipinski definition) is 1. The second-order valence-corrected chi connectivity index (χ2v) is 8.71. The zero-order chi connectivity index (χ0) is 19.9. The van der Waals surface area contributed by atoms with Gasteiger partial charge in [-0.25, -0.2) is 9.38 Å². The van der Waals surface area contributed by atoms with Gasteiger partial charge in [-0.15, -0.1) is 11.3 Å². The molecule has 0 atom stereocenters. The van der Waals surface area contributed by atoms with Gasteiger partial charge in [0.05, 0.1) is 5.69 Å². The number of aryl methyl sites for hydroxylation is 1. The molecule has 0 aliphatic carbocycles. The number of alkyl halides is 3. The van der Waals surface area contributed by atoms with E-state index in [1.807, 2.05) is 0 Å². The Hall–Kier alpha value is -1.59. The third-order valence-corrected chi connectivity index (χ3v) is 5.88. The van der Waals surface area contributed by atoms with Crippen LogP contribution in [0.3, 0.4) is 0 Å². The van der Waals surface area contributed by atoms with Crippen molar-refractivity contribution in [3.8, 4) is 0 Å². The van der Waals surface area contributed by atoms with E-state index in [-0.39, 0.29) is 23.6 Å². The van der Waals surface area contributed by atoms with Crippen LogP contribution in [0.15, 0.2) is 29.1 Å². The number of nitrogens with one attached hydrogen (secondary N) is 1. The molecule has 142 valence electrons. The molecule has 0 saturated heterocycles. The van der Waals surface area contributed by atoms with Crippen molar-refractivity contribution in [1.82, 2.24) is 14.7 Å². The van der Waals surface area contributed by atoms with Gasteiger partial charge in [-0.1, -0.05) is 17.7 Å². The monoisotopic (exact) mass is 523 g/mol. The second kappa shape index (κ2) is 7.44. The average Bonchev–Trinajstić information content (AvgIpc) is 2.91. The van der Waals surface area contributed by atoms with Crippen LogP contribution in [0, 0.1) is 6.92 Å². The number of amides is 1. The highest BCUT2D eigenvalue weighted by Crippen LogP contribution is 2.37. The van der Waals surface area contributed by atoms with Crippen LogP contribution in [0.1, 0.15) is 32.2 Å². The summed E-state index contributed by atoms with van der Waals surface area (Å²) in [6.45, 7) is 1.73. The van der Waals surface area contributed by atoms with E-state index in [1.165, 1.54) is 47.1 Å². The van der Waals surface area contributed by atoms with Gasteiger partial charge in [-0.3, -0.25) is 9.59 Å². The Bertz CT molecular complexity index is 1110. The molecule has 2 heterocycles. The minimum Gasteiger partial charge on any atom is -0.354 e. The van der Waals surface area contributed by atoms with Crippen molar-refractivity contribution in [2.75, 3.05) is 7.05 Å². The summed E-state index contributed by atoms with van der Waals surface area (Å²) in [6.07, 6.45) is 0.122. The fraction of sp³-hybridized carbons (Fsp3) is 0.235. The van der Waals surface area contributed by atoms with Crippen molar-refractivity contribution < 1.29 is 13.6 Å². The van der Waals surface area contributed by atoms with E-state index < -0.39 is 9.49 Å². The fourth-order valence-electron chi connectivity index (χ4n) is 2.68. The molecule has 1 amide bonds. The summed E-state index contributed by atoms with van der Waals surface area (Å²) in [6, 6.07) is 5.27. The normalized spacial score (nSPS) is 11.8. The van der Waals surface area contributed by atoms with Gasteiger partial charge < -0.3 is 5.32 Å². The van der Waals surface area contributed by atoms with Crippen LogP contribution in [0.5, 0.6) is 0 Å². The van der Waals surface area contributed by atoms with E-state index in [0.717, 1.165) is 22.6 Å². The van der Waals surface area contributed by atoms with E-state index in [0.29, 0.717) is 26.1 Å². The van der Waals surface area contributed by atoms with E-state index in [1.54, 1.807) is 6.92 Å². The first-order valence-electron chi connectivity index (χ1n) is 7.71. The highest BCUT2D eigenvalue weighted by Gasteiger charge is 2.27. The van der Waals surface area contributed by atoms with E-state index in [4.69, 9.17) is 11.6 Å². The van der Waals surface area contributed by atoms with E-state index in [2.05, 4.69) is 10.3 Å². The summed E-state index contributed by atoms with van der Waals surface area (Å²) < 4.78 is 25.4. The molecule has 0 fully saturated rings. The SMILES string of the molecule is CNC(=O)c1c(C)sc2nc(Cc3cc(C(F)(F)I)ccc3Cl)cc(=O)n12. The van der Waals surface area contributed by atoms with Crippen molar-refractivity contribution in [2.24, 2.45) is 0 Å². The van der Waals surface area contributed by atoms with Gasteiger partial charge in [0, 0.05) is 57.6 Å². The third-order valence-electron chi connectivity index (χ3n) is 3.93. The molecule has 5 nitrogen and oxygen atoms in total. The summed E-state index contributed by atoms with van der Waals surface area (Å²) in [5, 5.41) is 2.82. The summed E-state index contributed by atoms with van der Waals surface area (Å²) in [4.78, 5) is 30.0. The van der Waals surface area contributed by atoms with Gasteiger partial charge in [0.2, 0.25) is 0 Å². The van der Waals surface area contributed by atoms with Crippen molar-refractivity contribution in [3.05, 3.63) is 67.0 Å². The molecule has 1 N–H and O–H groups in total. The van der Waals surface area contributed by atoms with Crippen LogP contribution in [0.2, 0.25) is 5.02 Å². The van der Waals surface area contributed by atoms with Crippen LogP contribution in [0.4, 0.5) is 8.78 Å². The topological polar surface area (TPSA) is 63.5 Å². The molecule has 0 saturated carbocycles. The smallest absolute Gasteiger partial charge is 0.321 e. The third kappa shape index (κ3) is 3.99. The van der Waals surface area contributed by atoms with Crippen LogP contribution in [-0.4, -0.2) is 22.3 Å². The molecule has 27 heavy (non-hydrogen) atoms. The maximum Gasteiger partial charge on any atom is 0.321 e. The van der Waals surface area contributed by atoms with Crippen LogP contribution < -0.4 is 10.9 Å². The number of thiazole rings is 1. The Labute approximate surface area is 175 Å². The lowest BCUT2D eigenvalue weighted by molar-refractivity contribution is 0.0956. The highest BCUT2D eigenvalue weighted by atomic mass is 127. The number of hydrogen-bond acceptors (Lipinski definition) is 4. The number of carbonyl (C=O) groups is 1. The second-order valence-electron chi connectivity index (χ2n) is 5.77. The van der Waals surface area contributed by atoms with Gasteiger partial charge in [0.1, 0.15) is 5.69 Å². The maximum absolute atomic E-state index is 13.6. The predicted octanol–water partition coefficient (Wildman–Crippen LogP) is 4.15. The van der Waals surface area contributed by atoms with Gasteiger partial charge >= 0.3 is 3.93 Å². The lowest BCUT2D eigenvalue weighted by Crippen LogP contribution is -2.25. The Morgan fingerprint density at radius 1 is 1.41 bits per heavy atom. The Morgan fingerprint density at radius 2 is 2.11 bits per heavy atom. The fourth-order valence-corrected chi connectivity index (χ4v) is 4.19. The molecular weight excluding hydrogens is 511 g/mol. The molecule has 0 bridgehead atoms. The molecule has 2 aromatic heterocycles. The van der Waals surface area contributed by atoms with Gasteiger partial charge in [-0.05, 0) is 24.6 Å². The number of nitrogens with zero attached hydrogens (tertiary/aromatic N) is 2. The zero-order valence-corrected chi connectivity index (χ0v) is 17.9. The minimum atomic E-state index is -3.03. The average molecular weight is 524 g/mol. The number of benzene rings is 1. The molecule has 0 radical (unpaired) electrons. The van der Waals surface area contributed by atoms with E-state index in [9.17, 15) is 18.4 Å². The number of aromatic nitrogens is 2. The first-order valence-corrected chi connectivity index (χ1v) is 9.99. The Morgan fingerprint density at radius 3 is 2.74 bits per heavy atom. The van der Waals surface area contributed by atoms with Gasteiger partial charge in [-0.2, -0.15) is 8.78 Å². The summed E-state index contributed by atoms with van der Waals surface area (Å²) >= 11 is 8.40. The highest BCUT2D eigenvalue weighted by molar-refractivity contribution is 14.1. The number of halogens is 4. The van der Waals surface area contributed by atoms with Crippen LogP contribution in [-0.2, 0) is 10.4 Å². The summed E-state index contributed by atoms with van der Waals surface area (Å²) in [5.74, 6) is -0.379. The molecular formula is C17H13ClF2IN3O2S. The van der Waals surface area contributed by atoms with Crippen LogP contribution >= 0.6 is 45.5 Å². The number of carbonyl (C=O) groups excluding carboxylic acids is 1. The molecule has 3 aromatic rings. The Balaban J connectivity index is 2.07. The lowest BCUT2D eigenvalue weighted by Gasteiger charge is -2.12. The molecule has 3 rings (SSSR count). The molecule has 10 heteroatoms. The number of rotatable bonds is 4. The molecule has 1 aromatic carbocycles. The summed E-state index contributed by atoms with van der Waals surface area (Å²) in [5.41, 5.74) is 0.492. The van der Waals surface area contributed by atoms with Gasteiger partial charge in [0.15, 0.2) is 4.96 Å². The molecule has 0 aliphatic heterocycles. The maximum atomic E-state index is 13.6. The predicted molar refractivity (Wildman–Crippen MR) is 110 cm³/mol. The van der Waals surface area contributed by atoms with Crippen molar-refractivity contribution in [1.29, 1.82) is 0 Å². The zero-order valence-electron chi connectivity index (χ0n) is 14.1. The van der Waals surface area contributed by atoms with Gasteiger partial charge in [0.25, 0.3) is 11.5 Å². The molecule has 0 spiro atoms. The van der Waals surface area contributed by atoms with Crippen molar-refractivity contribution >= 4 is 56.4 Å². The standard InChI is InChI=1S/C17H13ClF2IN3O2S/c1-8-14(15(26)22-2)24-13(25)7-11(23-16(24)27-8)6-9-5-10(17(19,20)21)3-4-12(9)18/h3-5,7H,6H2,1-2H3,(H,22,26). The van der Waals surface area contributed by atoms with Crippen molar-refractivity contribution in [2.45, 2.75) is 17.3 Å². The van der Waals surface area contributed by atoms with E-state index >= 15 is 0 Å². The molecule has 0 aliphatic rings. The van der Waals surface area contributed by atoms with Crippen LogP contribution in [0.25, 0.3) is 4.96 Å². The Kier molecular flexibility index (Phi) is 5.55.